The second-order valence-electron chi connectivity index (χ2n) is 7.47. The largest absolute Gasteiger partial charge is 0.492 e. The maximum Gasteiger partial charge on any atom is 0.243 e. The van der Waals surface area contributed by atoms with E-state index in [9.17, 15) is 13.2 Å². The highest BCUT2D eigenvalue weighted by atomic mass is 32.2. The predicted octanol–water partition coefficient (Wildman–Crippen LogP) is 2.90. The lowest BCUT2D eigenvalue weighted by Crippen LogP contribution is -2.45. The molecular weight excluding hydrogens is 388 g/mol. The average Bonchev–Trinajstić information content (AvgIpc) is 2.73. The standard InChI is InChI=1S/C22H28N2O4S/c1-17-5-9-20(10-6-17)28-15-13-23-22(25)19-4-3-14-24(16-19)29(26,27)21-11-7-18(2)8-12-21/h5-12,19H,3-4,13-16H2,1-2H3,(H,23,25). The zero-order valence-electron chi connectivity index (χ0n) is 16.9. The van der Waals surface area contributed by atoms with Crippen LogP contribution < -0.4 is 10.1 Å². The zero-order valence-corrected chi connectivity index (χ0v) is 17.7. The van der Waals surface area contributed by atoms with E-state index in [-0.39, 0.29) is 23.3 Å². The van der Waals surface area contributed by atoms with Gasteiger partial charge >= 0.3 is 0 Å². The molecule has 7 heteroatoms. The highest BCUT2D eigenvalue weighted by Crippen LogP contribution is 2.24. The summed E-state index contributed by atoms with van der Waals surface area (Å²) in [5, 5.41) is 2.87. The lowest BCUT2D eigenvalue weighted by Gasteiger charge is -2.31. The summed E-state index contributed by atoms with van der Waals surface area (Å²) < 4.78 is 32.8. The summed E-state index contributed by atoms with van der Waals surface area (Å²) in [5.74, 6) is 0.294. The Labute approximate surface area is 172 Å². The maximum atomic E-state index is 12.9. The first-order valence-corrected chi connectivity index (χ1v) is 11.3. The normalized spacial score (nSPS) is 17.7. The summed E-state index contributed by atoms with van der Waals surface area (Å²) in [6.45, 7) is 5.33. The van der Waals surface area contributed by atoms with Crippen LogP contribution in [0.1, 0.15) is 24.0 Å². The number of carbonyl (C=O) groups excluding carboxylic acids is 1. The van der Waals surface area contributed by atoms with Gasteiger partial charge < -0.3 is 10.1 Å². The Morgan fingerprint density at radius 3 is 2.34 bits per heavy atom. The third-order valence-corrected chi connectivity index (χ3v) is 6.98. The molecule has 156 valence electrons. The van der Waals surface area contributed by atoms with Gasteiger partial charge in [0.2, 0.25) is 15.9 Å². The first kappa shape index (κ1) is 21.3. The fourth-order valence-corrected chi connectivity index (χ4v) is 4.88. The number of piperidine rings is 1. The number of amides is 1. The van der Waals surface area contributed by atoms with E-state index in [1.807, 2.05) is 38.1 Å². The Kier molecular flexibility index (Phi) is 6.92. The minimum Gasteiger partial charge on any atom is -0.492 e. The highest BCUT2D eigenvalue weighted by molar-refractivity contribution is 7.89. The van der Waals surface area contributed by atoms with Crippen molar-refractivity contribution < 1.29 is 17.9 Å². The van der Waals surface area contributed by atoms with Gasteiger partial charge in [0.15, 0.2) is 0 Å². The summed E-state index contributed by atoms with van der Waals surface area (Å²) in [6, 6.07) is 14.5. The molecule has 1 aliphatic heterocycles. The first-order chi connectivity index (χ1) is 13.9. The fourth-order valence-electron chi connectivity index (χ4n) is 3.36. The topological polar surface area (TPSA) is 75.7 Å². The van der Waals surface area contributed by atoms with Crippen molar-refractivity contribution in [1.29, 1.82) is 0 Å². The molecule has 6 nitrogen and oxygen atoms in total. The Balaban J connectivity index is 1.51. The molecule has 1 fully saturated rings. The lowest BCUT2D eigenvalue weighted by molar-refractivity contribution is -0.126. The van der Waals surface area contributed by atoms with E-state index in [1.54, 1.807) is 24.3 Å². The van der Waals surface area contributed by atoms with Gasteiger partial charge in [0.25, 0.3) is 0 Å². The van der Waals surface area contributed by atoms with Gasteiger partial charge in [0, 0.05) is 13.1 Å². The number of hydrogen-bond acceptors (Lipinski definition) is 4. The number of aryl methyl sites for hydroxylation is 2. The van der Waals surface area contributed by atoms with E-state index in [1.165, 1.54) is 4.31 Å². The number of carbonyl (C=O) groups is 1. The van der Waals surface area contributed by atoms with Crippen LogP contribution in [0.25, 0.3) is 0 Å². The molecule has 1 amide bonds. The molecule has 3 rings (SSSR count). The van der Waals surface area contributed by atoms with Gasteiger partial charge in [-0.05, 0) is 51.0 Å². The van der Waals surface area contributed by atoms with Crippen LogP contribution in [0.4, 0.5) is 0 Å². The number of nitrogens with one attached hydrogen (secondary N) is 1. The maximum absolute atomic E-state index is 12.9. The van der Waals surface area contributed by atoms with Crippen LogP contribution in [0.2, 0.25) is 0 Å². The Morgan fingerprint density at radius 1 is 1.07 bits per heavy atom. The molecule has 0 aromatic heterocycles. The molecule has 1 unspecified atom stereocenters. The molecule has 2 aromatic carbocycles. The van der Waals surface area contributed by atoms with Gasteiger partial charge in [-0.3, -0.25) is 4.79 Å². The van der Waals surface area contributed by atoms with E-state index in [0.717, 1.165) is 16.9 Å². The molecule has 2 aromatic rings. The third kappa shape index (κ3) is 5.58. The molecule has 1 aliphatic rings. The molecular formula is C22H28N2O4S. The van der Waals surface area contributed by atoms with Crippen molar-refractivity contribution in [3.05, 3.63) is 59.7 Å². The number of hydrogen-bond donors (Lipinski definition) is 1. The first-order valence-electron chi connectivity index (χ1n) is 9.90. The minimum absolute atomic E-state index is 0.124. The van der Waals surface area contributed by atoms with E-state index in [2.05, 4.69) is 5.32 Å². The monoisotopic (exact) mass is 416 g/mol. The van der Waals surface area contributed by atoms with E-state index >= 15 is 0 Å². The lowest BCUT2D eigenvalue weighted by atomic mass is 9.99. The van der Waals surface area contributed by atoms with Crippen LogP contribution in [-0.4, -0.2) is 44.9 Å². The van der Waals surface area contributed by atoms with Gasteiger partial charge in [-0.25, -0.2) is 8.42 Å². The molecule has 1 heterocycles. The molecule has 0 aliphatic carbocycles. The van der Waals surface area contributed by atoms with Crippen LogP contribution in [0.5, 0.6) is 5.75 Å². The number of rotatable bonds is 7. The SMILES string of the molecule is Cc1ccc(OCCNC(=O)C2CCCN(S(=O)(=O)c3ccc(C)cc3)C2)cc1. The van der Waals surface area contributed by atoms with Crippen LogP contribution in [-0.2, 0) is 14.8 Å². The van der Waals surface area contributed by atoms with Gasteiger partial charge in [-0.15, -0.1) is 0 Å². The Bertz CT molecular complexity index is 924. The van der Waals surface area contributed by atoms with E-state index in [0.29, 0.717) is 32.5 Å². The molecule has 1 atom stereocenters. The number of benzene rings is 2. The minimum atomic E-state index is -3.58. The summed E-state index contributed by atoms with van der Waals surface area (Å²) in [5.41, 5.74) is 2.17. The molecule has 0 spiro atoms. The van der Waals surface area contributed by atoms with Crippen molar-refractivity contribution >= 4 is 15.9 Å². The van der Waals surface area contributed by atoms with Crippen LogP contribution in [0, 0.1) is 19.8 Å². The summed E-state index contributed by atoms with van der Waals surface area (Å²) in [7, 11) is -3.58. The van der Waals surface area contributed by atoms with Gasteiger partial charge in [0.1, 0.15) is 12.4 Å². The quantitative estimate of drug-likeness (QED) is 0.704. The molecule has 0 radical (unpaired) electrons. The number of nitrogens with zero attached hydrogens (tertiary/aromatic N) is 1. The Morgan fingerprint density at radius 2 is 1.69 bits per heavy atom. The number of sulfonamides is 1. The molecule has 1 saturated heterocycles. The van der Waals surface area contributed by atoms with Crippen molar-refractivity contribution in [3.8, 4) is 5.75 Å². The summed E-state index contributed by atoms with van der Waals surface area (Å²) in [4.78, 5) is 12.8. The van der Waals surface area contributed by atoms with Crippen LogP contribution in [0.15, 0.2) is 53.4 Å². The second-order valence-corrected chi connectivity index (χ2v) is 9.41. The van der Waals surface area contributed by atoms with Crippen molar-refractivity contribution in [3.63, 3.8) is 0 Å². The Hall–Kier alpha value is -2.38. The van der Waals surface area contributed by atoms with E-state index < -0.39 is 10.0 Å². The molecule has 1 N–H and O–H groups in total. The van der Waals surface area contributed by atoms with Crippen LogP contribution >= 0.6 is 0 Å². The van der Waals surface area contributed by atoms with Gasteiger partial charge in [-0.1, -0.05) is 35.4 Å². The second kappa shape index (κ2) is 9.41. The third-order valence-electron chi connectivity index (χ3n) is 5.10. The summed E-state index contributed by atoms with van der Waals surface area (Å²) in [6.07, 6.45) is 1.35. The van der Waals surface area contributed by atoms with Crippen LogP contribution in [0.3, 0.4) is 0 Å². The van der Waals surface area contributed by atoms with Crippen molar-refractivity contribution in [2.75, 3.05) is 26.2 Å². The fraction of sp³-hybridized carbons (Fsp3) is 0.409. The average molecular weight is 417 g/mol. The van der Waals surface area contributed by atoms with E-state index in [4.69, 9.17) is 4.74 Å². The molecule has 0 bridgehead atoms. The van der Waals surface area contributed by atoms with Gasteiger partial charge in [0.05, 0.1) is 17.4 Å². The predicted molar refractivity (Wildman–Crippen MR) is 112 cm³/mol. The molecule has 29 heavy (non-hydrogen) atoms. The van der Waals surface area contributed by atoms with Crippen molar-refractivity contribution in [1.82, 2.24) is 9.62 Å². The zero-order chi connectivity index (χ0) is 20.9. The smallest absolute Gasteiger partial charge is 0.243 e. The number of ether oxygens (including phenoxy) is 1. The molecule has 0 saturated carbocycles. The summed E-state index contributed by atoms with van der Waals surface area (Å²) >= 11 is 0. The van der Waals surface area contributed by atoms with Crippen molar-refractivity contribution in [2.24, 2.45) is 5.92 Å². The van der Waals surface area contributed by atoms with Crippen molar-refractivity contribution in [2.45, 2.75) is 31.6 Å². The highest BCUT2D eigenvalue weighted by Gasteiger charge is 2.33. The van der Waals surface area contributed by atoms with Gasteiger partial charge in [-0.2, -0.15) is 4.31 Å².